The van der Waals surface area contributed by atoms with Crippen LogP contribution in [0.3, 0.4) is 0 Å². The van der Waals surface area contributed by atoms with Crippen molar-refractivity contribution in [3.05, 3.63) is 46.3 Å². The monoisotopic (exact) mass is 388 g/mol. The molecule has 0 saturated carbocycles. The number of ether oxygens (including phenoxy) is 1. The van der Waals surface area contributed by atoms with E-state index in [-0.39, 0.29) is 16.4 Å². The SMILES string of the molecule is CCc1cc(C(=O)OC)c(NC(=S)Nc2ccccc2C(F)(F)F)s1. The minimum absolute atomic E-state index is 0.0497. The van der Waals surface area contributed by atoms with Crippen LogP contribution in [0.15, 0.2) is 30.3 Å². The van der Waals surface area contributed by atoms with Gasteiger partial charge in [0, 0.05) is 4.88 Å². The maximum atomic E-state index is 13.0. The summed E-state index contributed by atoms with van der Waals surface area (Å²) in [5, 5.41) is 5.68. The molecule has 0 spiro atoms. The molecule has 134 valence electrons. The van der Waals surface area contributed by atoms with Gasteiger partial charge in [-0.2, -0.15) is 13.2 Å². The first kappa shape index (κ1) is 19.2. The summed E-state index contributed by atoms with van der Waals surface area (Å²) in [7, 11) is 1.26. The summed E-state index contributed by atoms with van der Waals surface area (Å²) in [6.07, 6.45) is -3.80. The molecule has 4 nitrogen and oxygen atoms in total. The lowest BCUT2D eigenvalue weighted by Gasteiger charge is -2.15. The summed E-state index contributed by atoms with van der Waals surface area (Å²) in [6, 6.07) is 6.69. The highest BCUT2D eigenvalue weighted by Crippen LogP contribution is 2.35. The molecule has 0 saturated heterocycles. The van der Waals surface area contributed by atoms with E-state index in [2.05, 4.69) is 10.6 Å². The first-order valence-electron chi connectivity index (χ1n) is 7.21. The van der Waals surface area contributed by atoms with Crippen LogP contribution in [0.5, 0.6) is 0 Å². The van der Waals surface area contributed by atoms with Crippen molar-refractivity contribution in [1.29, 1.82) is 0 Å². The van der Waals surface area contributed by atoms with Crippen molar-refractivity contribution in [3.8, 4) is 0 Å². The van der Waals surface area contributed by atoms with Crippen LogP contribution in [-0.4, -0.2) is 18.2 Å². The molecule has 0 amide bonds. The van der Waals surface area contributed by atoms with E-state index in [4.69, 9.17) is 17.0 Å². The summed E-state index contributed by atoms with van der Waals surface area (Å²) in [4.78, 5) is 12.7. The molecule has 1 heterocycles. The highest BCUT2D eigenvalue weighted by atomic mass is 32.1. The molecule has 2 aromatic rings. The molecule has 0 aliphatic rings. The van der Waals surface area contributed by atoms with E-state index in [1.807, 2.05) is 6.92 Å². The number of hydrogen-bond acceptors (Lipinski definition) is 4. The zero-order chi connectivity index (χ0) is 18.6. The van der Waals surface area contributed by atoms with Crippen molar-refractivity contribution in [2.45, 2.75) is 19.5 Å². The molecule has 0 fully saturated rings. The van der Waals surface area contributed by atoms with Gasteiger partial charge < -0.3 is 15.4 Å². The molecule has 2 rings (SSSR count). The molecule has 2 N–H and O–H groups in total. The number of aryl methyl sites for hydroxylation is 1. The average Bonchev–Trinajstić information content (AvgIpc) is 2.96. The van der Waals surface area contributed by atoms with Crippen molar-refractivity contribution in [1.82, 2.24) is 0 Å². The van der Waals surface area contributed by atoms with Crippen LogP contribution in [0.1, 0.15) is 27.7 Å². The smallest absolute Gasteiger partial charge is 0.418 e. The number of benzene rings is 1. The van der Waals surface area contributed by atoms with Gasteiger partial charge in [-0.3, -0.25) is 0 Å². The van der Waals surface area contributed by atoms with Gasteiger partial charge in [-0.25, -0.2) is 4.79 Å². The van der Waals surface area contributed by atoms with Crippen LogP contribution in [0.25, 0.3) is 0 Å². The maximum absolute atomic E-state index is 13.0. The average molecular weight is 388 g/mol. The van der Waals surface area contributed by atoms with Gasteiger partial charge in [-0.05, 0) is 36.8 Å². The fraction of sp³-hybridized carbons (Fsp3) is 0.250. The van der Waals surface area contributed by atoms with Gasteiger partial charge in [0.1, 0.15) is 5.00 Å². The number of anilines is 2. The predicted octanol–water partition coefficient (Wildman–Crippen LogP) is 4.92. The number of rotatable bonds is 4. The molecule has 0 aliphatic carbocycles. The predicted molar refractivity (Wildman–Crippen MR) is 96.3 cm³/mol. The summed E-state index contributed by atoms with van der Waals surface area (Å²) < 4.78 is 43.8. The summed E-state index contributed by atoms with van der Waals surface area (Å²) >= 11 is 6.38. The number of alkyl halides is 3. The van der Waals surface area contributed by atoms with Gasteiger partial charge in [0.05, 0.1) is 23.9 Å². The lowest BCUT2D eigenvalue weighted by Crippen LogP contribution is -2.22. The molecule has 0 bridgehead atoms. The second-order valence-corrected chi connectivity index (χ2v) is 6.47. The zero-order valence-corrected chi connectivity index (χ0v) is 15.0. The van der Waals surface area contributed by atoms with Crippen molar-refractivity contribution >= 4 is 45.3 Å². The number of nitrogens with one attached hydrogen (secondary N) is 2. The van der Waals surface area contributed by atoms with Crippen LogP contribution in [0.2, 0.25) is 0 Å². The van der Waals surface area contributed by atoms with E-state index in [0.29, 0.717) is 11.4 Å². The largest absolute Gasteiger partial charge is 0.465 e. The number of thiophene rings is 1. The van der Waals surface area contributed by atoms with Crippen molar-refractivity contribution in [2.75, 3.05) is 17.7 Å². The van der Waals surface area contributed by atoms with Crippen molar-refractivity contribution in [3.63, 3.8) is 0 Å². The number of methoxy groups -OCH3 is 1. The number of halogens is 3. The second-order valence-electron chi connectivity index (χ2n) is 4.92. The van der Waals surface area contributed by atoms with Crippen molar-refractivity contribution < 1.29 is 22.7 Å². The molecule has 9 heteroatoms. The van der Waals surface area contributed by atoms with E-state index < -0.39 is 17.7 Å². The Hall–Kier alpha value is -2.13. The number of esters is 1. The van der Waals surface area contributed by atoms with Crippen LogP contribution in [0, 0.1) is 0 Å². The van der Waals surface area contributed by atoms with Gasteiger partial charge in [0.25, 0.3) is 0 Å². The third-order valence-corrected chi connectivity index (χ3v) is 4.64. The summed E-state index contributed by atoms with van der Waals surface area (Å²) in [5.41, 5.74) is -0.704. The third kappa shape index (κ3) is 4.70. The van der Waals surface area contributed by atoms with Crippen LogP contribution < -0.4 is 10.6 Å². The second kappa shape index (κ2) is 7.83. The molecular formula is C16H15F3N2O2S2. The van der Waals surface area contributed by atoms with E-state index in [0.717, 1.165) is 10.9 Å². The number of carbonyl (C=O) groups is 1. The van der Waals surface area contributed by atoms with Gasteiger partial charge in [-0.15, -0.1) is 11.3 Å². The molecular weight excluding hydrogens is 373 g/mol. The van der Waals surface area contributed by atoms with Crippen LogP contribution >= 0.6 is 23.6 Å². The number of carbonyl (C=O) groups excluding carboxylic acids is 1. The minimum atomic E-state index is -4.51. The lowest BCUT2D eigenvalue weighted by molar-refractivity contribution is -0.136. The van der Waals surface area contributed by atoms with Crippen molar-refractivity contribution in [2.24, 2.45) is 0 Å². The quantitative estimate of drug-likeness (QED) is 0.575. The van der Waals surface area contributed by atoms with Gasteiger partial charge in [0.15, 0.2) is 5.11 Å². The summed E-state index contributed by atoms with van der Waals surface area (Å²) in [6.45, 7) is 1.92. The molecule has 1 aromatic heterocycles. The Morgan fingerprint density at radius 1 is 1.28 bits per heavy atom. The third-order valence-electron chi connectivity index (χ3n) is 3.24. The van der Waals surface area contributed by atoms with Gasteiger partial charge in [-0.1, -0.05) is 19.1 Å². The highest BCUT2D eigenvalue weighted by molar-refractivity contribution is 7.80. The molecule has 25 heavy (non-hydrogen) atoms. The van der Waals surface area contributed by atoms with Crippen LogP contribution in [-0.2, 0) is 17.3 Å². The fourth-order valence-electron chi connectivity index (χ4n) is 2.07. The first-order chi connectivity index (χ1) is 11.8. The number of hydrogen-bond donors (Lipinski definition) is 2. The highest BCUT2D eigenvalue weighted by Gasteiger charge is 2.33. The van der Waals surface area contributed by atoms with E-state index in [1.54, 1.807) is 6.07 Å². The molecule has 0 aliphatic heterocycles. The van der Waals surface area contributed by atoms with Crippen LogP contribution in [0.4, 0.5) is 23.9 Å². The Bertz CT molecular complexity index is 788. The van der Waals surface area contributed by atoms with Gasteiger partial charge >= 0.3 is 12.1 Å². The number of thiocarbonyl (C=S) groups is 1. The Morgan fingerprint density at radius 2 is 1.96 bits per heavy atom. The Kier molecular flexibility index (Phi) is 6.02. The molecule has 1 aromatic carbocycles. The van der Waals surface area contributed by atoms with E-state index >= 15 is 0 Å². The Labute approximate surface area is 152 Å². The van der Waals surface area contributed by atoms with E-state index in [9.17, 15) is 18.0 Å². The number of para-hydroxylation sites is 1. The van der Waals surface area contributed by atoms with E-state index in [1.165, 1.54) is 36.6 Å². The molecule has 0 unspecified atom stereocenters. The summed E-state index contributed by atoms with van der Waals surface area (Å²) in [5.74, 6) is -0.544. The first-order valence-corrected chi connectivity index (χ1v) is 8.44. The molecule has 0 atom stereocenters. The topological polar surface area (TPSA) is 50.4 Å². The minimum Gasteiger partial charge on any atom is -0.465 e. The standard InChI is InChI=1S/C16H15F3N2O2S2/c1-3-9-8-10(14(22)23-2)13(25-9)21-15(24)20-12-7-5-4-6-11(12)16(17,18)19/h4-8H,3H2,1-2H3,(H2,20,21,24). The molecule has 0 radical (unpaired) electrons. The zero-order valence-electron chi connectivity index (χ0n) is 13.4. The fourth-order valence-corrected chi connectivity index (χ4v) is 3.33. The maximum Gasteiger partial charge on any atom is 0.418 e. The van der Waals surface area contributed by atoms with Gasteiger partial charge in [0.2, 0.25) is 0 Å². The Morgan fingerprint density at radius 3 is 2.56 bits per heavy atom. The Balaban J connectivity index is 2.22. The normalized spacial score (nSPS) is 11.1. The lowest BCUT2D eigenvalue weighted by atomic mass is 10.1.